The van der Waals surface area contributed by atoms with Gasteiger partial charge in [0.05, 0.1) is 0 Å². The van der Waals surface area contributed by atoms with E-state index < -0.39 is 5.60 Å². The lowest BCUT2D eigenvalue weighted by atomic mass is 9.76. The molecule has 1 fully saturated rings. The van der Waals surface area contributed by atoms with Crippen LogP contribution in [-0.2, 0) is 4.74 Å². The molecule has 0 amide bonds. The minimum atomic E-state index is -0.700. The third-order valence-corrected chi connectivity index (χ3v) is 4.85. The van der Waals surface area contributed by atoms with E-state index in [1.165, 1.54) is 0 Å². The summed E-state index contributed by atoms with van der Waals surface area (Å²) in [5.41, 5.74) is 1.15. The van der Waals surface area contributed by atoms with Crippen LogP contribution in [0.1, 0.15) is 48.7 Å². The van der Waals surface area contributed by atoms with E-state index >= 15 is 0 Å². The topological polar surface area (TPSA) is 39.4 Å². The van der Waals surface area contributed by atoms with Crippen LogP contribution in [-0.4, -0.2) is 18.5 Å². The fourth-order valence-electron chi connectivity index (χ4n) is 3.30. The molecule has 0 unspecified atom stereocenters. The molecule has 2 aromatic rings. The van der Waals surface area contributed by atoms with E-state index in [0.717, 1.165) is 42.2 Å². The Kier molecular flexibility index (Phi) is 3.62. The molecule has 1 aliphatic rings. The lowest BCUT2D eigenvalue weighted by molar-refractivity contribution is -0.0278. The maximum atomic E-state index is 12.9. The number of methoxy groups -OCH3 is 1. The maximum absolute atomic E-state index is 12.9. The van der Waals surface area contributed by atoms with Gasteiger partial charge in [-0.3, -0.25) is 4.79 Å². The van der Waals surface area contributed by atoms with E-state index in [-0.39, 0.29) is 5.78 Å². The van der Waals surface area contributed by atoms with Crippen LogP contribution in [0.4, 0.5) is 0 Å². The molecule has 0 N–H and O–H groups in total. The standard InChI is InChI=1S/C18H22O3/c1-12-7-9-18(20-3,10-8-12)17(19)15-11-14-6-4-5-13(2)16(14)21-15/h4-6,11-12H,7-10H2,1-3H3. The number of furan rings is 1. The molecule has 112 valence electrons. The number of carbonyl (C=O) groups excluding carboxylic acids is 1. The number of rotatable bonds is 3. The largest absolute Gasteiger partial charge is 0.453 e. The van der Waals surface area contributed by atoms with Crippen LogP contribution in [0.5, 0.6) is 0 Å². The summed E-state index contributed by atoms with van der Waals surface area (Å²) in [5, 5.41) is 0.980. The molecule has 0 spiro atoms. The van der Waals surface area contributed by atoms with E-state index in [1.807, 2.05) is 31.2 Å². The van der Waals surface area contributed by atoms with Crippen LogP contribution in [0.3, 0.4) is 0 Å². The quantitative estimate of drug-likeness (QED) is 0.779. The lowest BCUT2D eigenvalue weighted by Crippen LogP contribution is -2.43. The first kappa shape index (κ1) is 14.3. The van der Waals surface area contributed by atoms with Gasteiger partial charge in [0, 0.05) is 12.5 Å². The van der Waals surface area contributed by atoms with E-state index in [2.05, 4.69) is 6.92 Å². The van der Waals surface area contributed by atoms with Gasteiger partial charge in [-0.2, -0.15) is 0 Å². The number of hydrogen-bond donors (Lipinski definition) is 0. The van der Waals surface area contributed by atoms with Crippen molar-refractivity contribution in [2.24, 2.45) is 5.92 Å². The number of ketones is 1. The highest BCUT2D eigenvalue weighted by molar-refractivity contribution is 6.03. The summed E-state index contributed by atoms with van der Waals surface area (Å²) < 4.78 is 11.5. The number of carbonyl (C=O) groups is 1. The molecule has 1 aromatic heterocycles. The van der Waals surface area contributed by atoms with Crippen LogP contribution < -0.4 is 0 Å². The summed E-state index contributed by atoms with van der Waals surface area (Å²) in [6.07, 6.45) is 3.61. The van der Waals surface area contributed by atoms with Crippen molar-refractivity contribution in [3.05, 3.63) is 35.6 Å². The number of ether oxygens (including phenoxy) is 1. The highest BCUT2D eigenvalue weighted by Gasteiger charge is 2.43. The predicted octanol–water partition coefficient (Wildman–Crippen LogP) is 4.52. The van der Waals surface area contributed by atoms with Crippen LogP contribution in [0, 0.1) is 12.8 Å². The van der Waals surface area contributed by atoms with Gasteiger partial charge in [0.1, 0.15) is 11.2 Å². The molecule has 3 heteroatoms. The SMILES string of the molecule is COC1(C(=O)c2cc3cccc(C)c3o2)CCC(C)CC1. The second-order valence-electron chi connectivity index (χ2n) is 6.31. The summed E-state index contributed by atoms with van der Waals surface area (Å²) >= 11 is 0. The summed E-state index contributed by atoms with van der Waals surface area (Å²) in [6.45, 7) is 4.23. The van der Waals surface area contributed by atoms with Gasteiger partial charge in [-0.25, -0.2) is 0 Å². The van der Waals surface area contributed by atoms with E-state index in [1.54, 1.807) is 7.11 Å². The van der Waals surface area contributed by atoms with Gasteiger partial charge >= 0.3 is 0 Å². The monoisotopic (exact) mass is 286 g/mol. The molecule has 1 heterocycles. The summed E-state index contributed by atoms with van der Waals surface area (Å²) in [6, 6.07) is 7.80. The van der Waals surface area contributed by atoms with Crippen LogP contribution >= 0.6 is 0 Å². The molecular weight excluding hydrogens is 264 g/mol. The molecule has 0 aliphatic heterocycles. The molecule has 0 saturated heterocycles. The second-order valence-corrected chi connectivity index (χ2v) is 6.31. The summed E-state index contributed by atoms with van der Waals surface area (Å²) in [5.74, 6) is 1.09. The normalized spacial score (nSPS) is 26.1. The van der Waals surface area contributed by atoms with Gasteiger partial charge in [0.2, 0.25) is 5.78 Å². The lowest BCUT2D eigenvalue weighted by Gasteiger charge is -2.36. The molecule has 1 saturated carbocycles. The van der Waals surface area contributed by atoms with Crippen LogP contribution in [0.2, 0.25) is 0 Å². The molecule has 0 radical (unpaired) electrons. The van der Waals surface area contributed by atoms with E-state index in [4.69, 9.17) is 9.15 Å². The number of Topliss-reactive ketones (excluding diaryl/α,β-unsaturated/α-hetero) is 1. The van der Waals surface area contributed by atoms with Gasteiger partial charge in [0.25, 0.3) is 0 Å². The fourth-order valence-corrected chi connectivity index (χ4v) is 3.30. The van der Waals surface area contributed by atoms with Crippen molar-refractivity contribution in [3.63, 3.8) is 0 Å². The Morgan fingerprint density at radius 2 is 2.05 bits per heavy atom. The van der Waals surface area contributed by atoms with Crippen LogP contribution in [0.15, 0.2) is 28.7 Å². The van der Waals surface area contributed by atoms with Crippen molar-refractivity contribution >= 4 is 16.8 Å². The third kappa shape index (κ3) is 2.40. The predicted molar refractivity (Wildman–Crippen MR) is 82.7 cm³/mol. The highest BCUT2D eigenvalue weighted by Crippen LogP contribution is 2.38. The Balaban J connectivity index is 1.97. The molecule has 1 aromatic carbocycles. The third-order valence-electron chi connectivity index (χ3n) is 4.85. The first-order valence-electron chi connectivity index (χ1n) is 7.65. The Morgan fingerprint density at radius 3 is 2.67 bits per heavy atom. The zero-order valence-corrected chi connectivity index (χ0v) is 12.9. The molecule has 0 atom stereocenters. The Bertz CT molecular complexity index is 660. The van der Waals surface area contributed by atoms with Gasteiger partial charge in [-0.05, 0) is 50.2 Å². The Morgan fingerprint density at radius 1 is 1.33 bits per heavy atom. The minimum Gasteiger partial charge on any atom is -0.453 e. The molecule has 0 bridgehead atoms. The number of aryl methyl sites for hydroxylation is 1. The van der Waals surface area contributed by atoms with E-state index in [9.17, 15) is 4.79 Å². The van der Waals surface area contributed by atoms with Crippen molar-refractivity contribution in [1.29, 1.82) is 0 Å². The van der Waals surface area contributed by atoms with Crippen molar-refractivity contribution in [2.45, 2.75) is 45.1 Å². The van der Waals surface area contributed by atoms with Gasteiger partial charge in [-0.1, -0.05) is 25.1 Å². The number of benzene rings is 1. The Hall–Kier alpha value is -1.61. The molecular formula is C18H22O3. The zero-order valence-electron chi connectivity index (χ0n) is 12.9. The fraction of sp³-hybridized carbons (Fsp3) is 0.500. The zero-order chi connectivity index (χ0) is 15.0. The molecule has 3 rings (SSSR count). The first-order valence-corrected chi connectivity index (χ1v) is 7.65. The number of fused-ring (bicyclic) bond motifs is 1. The van der Waals surface area contributed by atoms with E-state index in [0.29, 0.717) is 11.7 Å². The average molecular weight is 286 g/mol. The van der Waals surface area contributed by atoms with Gasteiger partial charge < -0.3 is 9.15 Å². The summed E-state index contributed by atoms with van der Waals surface area (Å²) in [7, 11) is 1.64. The van der Waals surface area contributed by atoms with Crippen molar-refractivity contribution in [1.82, 2.24) is 0 Å². The first-order chi connectivity index (χ1) is 10.1. The maximum Gasteiger partial charge on any atom is 0.229 e. The molecule has 1 aliphatic carbocycles. The molecule has 3 nitrogen and oxygen atoms in total. The Labute approximate surface area is 125 Å². The minimum absolute atomic E-state index is 0.00694. The second kappa shape index (κ2) is 5.30. The van der Waals surface area contributed by atoms with Gasteiger partial charge in [-0.15, -0.1) is 0 Å². The highest BCUT2D eigenvalue weighted by atomic mass is 16.5. The van der Waals surface area contributed by atoms with Gasteiger partial charge in [0.15, 0.2) is 5.76 Å². The summed E-state index contributed by atoms with van der Waals surface area (Å²) in [4.78, 5) is 12.9. The van der Waals surface area contributed by atoms with Crippen molar-refractivity contribution < 1.29 is 13.9 Å². The van der Waals surface area contributed by atoms with Crippen LogP contribution in [0.25, 0.3) is 11.0 Å². The molecule has 21 heavy (non-hydrogen) atoms. The average Bonchev–Trinajstić information content (AvgIpc) is 2.93. The smallest absolute Gasteiger partial charge is 0.229 e. The van der Waals surface area contributed by atoms with Crippen molar-refractivity contribution in [3.8, 4) is 0 Å². The van der Waals surface area contributed by atoms with Crippen molar-refractivity contribution in [2.75, 3.05) is 7.11 Å². The number of para-hydroxylation sites is 1. The number of hydrogen-bond acceptors (Lipinski definition) is 3.